The van der Waals surface area contributed by atoms with Crippen LogP contribution in [0.4, 0.5) is 5.69 Å². The number of aryl methyl sites for hydroxylation is 2. The quantitative estimate of drug-likeness (QED) is 0.687. The summed E-state index contributed by atoms with van der Waals surface area (Å²) in [5.41, 5.74) is 11.9. The molecule has 4 rings (SSSR count). The molecule has 25 heavy (non-hydrogen) atoms. The average Bonchev–Trinajstić information content (AvgIpc) is 2.59. The summed E-state index contributed by atoms with van der Waals surface area (Å²) in [5, 5.41) is 0.630. The van der Waals surface area contributed by atoms with Gasteiger partial charge in [-0.05, 0) is 67.7 Å². The Balaban J connectivity index is 1.95. The van der Waals surface area contributed by atoms with Crippen molar-refractivity contribution in [1.82, 2.24) is 9.55 Å². The molecule has 4 heteroatoms. The van der Waals surface area contributed by atoms with E-state index in [2.05, 4.69) is 38.1 Å². The van der Waals surface area contributed by atoms with E-state index in [1.165, 1.54) is 16.7 Å². The molecule has 0 bridgehead atoms. The van der Waals surface area contributed by atoms with E-state index in [1.807, 2.05) is 0 Å². The smallest absolute Gasteiger partial charge is 0.261 e. The second kappa shape index (κ2) is 5.88. The normalized spacial score (nSPS) is 15.5. The predicted octanol–water partition coefficient (Wildman–Crippen LogP) is 3.93. The maximum atomic E-state index is 12.9. The van der Waals surface area contributed by atoms with Crippen LogP contribution >= 0.6 is 0 Å². The summed E-state index contributed by atoms with van der Waals surface area (Å²) in [6, 6.07) is 11.7. The van der Waals surface area contributed by atoms with Gasteiger partial charge >= 0.3 is 0 Å². The van der Waals surface area contributed by atoms with Gasteiger partial charge in [0.05, 0.1) is 10.9 Å². The number of benzene rings is 2. The first kappa shape index (κ1) is 15.6. The summed E-state index contributed by atoms with van der Waals surface area (Å²) in [4.78, 5) is 17.6. The Kier molecular flexibility index (Phi) is 3.68. The lowest BCUT2D eigenvalue weighted by atomic mass is 9.98. The Morgan fingerprint density at radius 1 is 1.16 bits per heavy atom. The van der Waals surface area contributed by atoms with E-state index < -0.39 is 0 Å². The topological polar surface area (TPSA) is 60.9 Å². The van der Waals surface area contributed by atoms with Crippen LogP contribution in [0.25, 0.3) is 22.6 Å². The fourth-order valence-corrected chi connectivity index (χ4v) is 3.47. The third kappa shape index (κ3) is 2.74. The minimum absolute atomic E-state index is 0.0200. The second-order valence-corrected chi connectivity index (χ2v) is 6.80. The standard InChI is InChI=1S/C21H21N3O/c1-13-5-6-14(2)16(10-13)11-15-4-3-9-24-20(15)23-19-12-17(22)7-8-18(19)21(24)25/h5-8,10-12H,3-4,9,22H2,1-2H3/b15-11+. The Bertz CT molecular complexity index is 1080. The summed E-state index contributed by atoms with van der Waals surface area (Å²) in [5.74, 6) is 0.773. The van der Waals surface area contributed by atoms with Gasteiger partial charge in [-0.2, -0.15) is 0 Å². The molecule has 2 N–H and O–H groups in total. The Morgan fingerprint density at radius 2 is 2.00 bits per heavy atom. The monoisotopic (exact) mass is 331 g/mol. The molecule has 0 saturated heterocycles. The van der Waals surface area contributed by atoms with E-state index in [0.717, 1.165) is 24.2 Å². The van der Waals surface area contributed by atoms with E-state index >= 15 is 0 Å². The highest BCUT2D eigenvalue weighted by atomic mass is 16.1. The fourth-order valence-electron chi connectivity index (χ4n) is 3.47. The molecule has 2 aromatic carbocycles. The molecular weight excluding hydrogens is 310 g/mol. The van der Waals surface area contributed by atoms with Gasteiger partial charge < -0.3 is 5.73 Å². The number of nitrogens with two attached hydrogens (primary N) is 1. The van der Waals surface area contributed by atoms with Crippen molar-refractivity contribution in [2.24, 2.45) is 0 Å². The second-order valence-electron chi connectivity index (χ2n) is 6.80. The van der Waals surface area contributed by atoms with E-state index in [-0.39, 0.29) is 5.56 Å². The van der Waals surface area contributed by atoms with Gasteiger partial charge in [0.15, 0.2) is 0 Å². The molecule has 0 amide bonds. The largest absolute Gasteiger partial charge is 0.399 e. The average molecular weight is 331 g/mol. The molecule has 1 aliphatic heterocycles. The van der Waals surface area contributed by atoms with E-state index in [4.69, 9.17) is 10.7 Å². The number of hydrogen-bond acceptors (Lipinski definition) is 3. The van der Waals surface area contributed by atoms with Crippen LogP contribution < -0.4 is 11.3 Å². The van der Waals surface area contributed by atoms with Crippen LogP contribution in [0.2, 0.25) is 0 Å². The van der Waals surface area contributed by atoms with Gasteiger partial charge in [0.2, 0.25) is 0 Å². The van der Waals surface area contributed by atoms with E-state index in [9.17, 15) is 4.79 Å². The molecule has 0 radical (unpaired) electrons. The van der Waals surface area contributed by atoms with Crippen LogP contribution in [-0.4, -0.2) is 9.55 Å². The molecule has 126 valence electrons. The Hall–Kier alpha value is -2.88. The predicted molar refractivity (Wildman–Crippen MR) is 103 cm³/mol. The fraction of sp³-hybridized carbons (Fsp3) is 0.238. The van der Waals surface area contributed by atoms with E-state index in [1.54, 1.807) is 22.8 Å². The van der Waals surface area contributed by atoms with Gasteiger partial charge in [0, 0.05) is 12.2 Å². The Labute approximate surface area is 146 Å². The molecule has 0 atom stereocenters. The number of allylic oxidation sites excluding steroid dienone is 1. The lowest BCUT2D eigenvalue weighted by Gasteiger charge is -2.21. The van der Waals surface area contributed by atoms with Crippen LogP contribution in [0.1, 0.15) is 35.4 Å². The molecule has 0 aliphatic carbocycles. The minimum Gasteiger partial charge on any atom is -0.399 e. The molecule has 0 unspecified atom stereocenters. The minimum atomic E-state index is 0.0200. The molecule has 1 aromatic heterocycles. The Morgan fingerprint density at radius 3 is 2.84 bits per heavy atom. The van der Waals surface area contributed by atoms with Crippen molar-refractivity contribution in [2.45, 2.75) is 33.2 Å². The maximum absolute atomic E-state index is 12.9. The first-order valence-electron chi connectivity index (χ1n) is 8.61. The van der Waals surface area contributed by atoms with Crippen LogP contribution in [-0.2, 0) is 6.54 Å². The molecular formula is C21H21N3O. The summed E-state index contributed by atoms with van der Waals surface area (Å²) in [7, 11) is 0. The lowest BCUT2D eigenvalue weighted by Crippen LogP contribution is -2.27. The highest BCUT2D eigenvalue weighted by Gasteiger charge is 2.19. The van der Waals surface area contributed by atoms with Crippen molar-refractivity contribution >= 4 is 28.2 Å². The van der Waals surface area contributed by atoms with Crippen molar-refractivity contribution in [3.8, 4) is 0 Å². The van der Waals surface area contributed by atoms with Crippen LogP contribution in [0.5, 0.6) is 0 Å². The summed E-state index contributed by atoms with van der Waals surface area (Å²) in [6.45, 7) is 4.91. The lowest BCUT2D eigenvalue weighted by molar-refractivity contribution is 0.587. The molecule has 0 fully saturated rings. The van der Waals surface area contributed by atoms with Gasteiger partial charge in [-0.1, -0.05) is 23.8 Å². The van der Waals surface area contributed by atoms with Gasteiger partial charge in [-0.15, -0.1) is 0 Å². The van der Waals surface area contributed by atoms with Gasteiger partial charge in [0.25, 0.3) is 5.56 Å². The van der Waals surface area contributed by atoms with Gasteiger partial charge in [-0.3, -0.25) is 9.36 Å². The number of aromatic nitrogens is 2. The number of fused-ring (bicyclic) bond motifs is 2. The van der Waals surface area contributed by atoms with Crippen LogP contribution in [0.3, 0.4) is 0 Å². The van der Waals surface area contributed by atoms with Gasteiger partial charge in [0.1, 0.15) is 5.82 Å². The molecule has 3 aromatic rings. The van der Waals surface area contributed by atoms with E-state index in [0.29, 0.717) is 23.1 Å². The third-order valence-corrected chi connectivity index (χ3v) is 4.86. The molecule has 0 spiro atoms. The highest BCUT2D eigenvalue weighted by molar-refractivity contribution is 5.85. The number of hydrogen-bond donors (Lipinski definition) is 1. The number of nitrogen functional groups attached to an aromatic ring is 1. The van der Waals surface area contributed by atoms with Crippen molar-refractivity contribution in [2.75, 3.05) is 5.73 Å². The summed E-state index contributed by atoms with van der Waals surface area (Å²) >= 11 is 0. The van der Waals surface area contributed by atoms with Crippen molar-refractivity contribution in [3.63, 3.8) is 0 Å². The first-order chi connectivity index (χ1) is 12.0. The first-order valence-corrected chi connectivity index (χ1v) is 8.61. The summed E-state index contributed by atoms with van der Waals surface area (Å²) in [6.07, 6.45) is 4.05. The van der Waals surface area contributed by atoms with Crippen LogP contribution in [0.15, 0.2) is 41.2 Å². The van der Waals surface area contributed by atoms with Crippen molar-refractivity contribution < 1.29 is 0 Å². The highest BCUT2D eigenvalue weighted by Crippen LogP contribution is 2.28. The SMILES string of the molecule is Cc1ccc(C)c(/C=C2\CCCn3c2nc2cc(N)ccc2c3=O)c1. The van der Waals surface area contributed by atoms with Crippen LogP contribution in [0, 0.1) is 13.8 Å². The number of nitrogens with zero attached hydrogens (tertiary/aromatic N) is 2. The van der Waals surface area contributed by atoms with Crippen molar-refractivity contribution in [3.05, 3.63) is 69.3 Å². The van der Waals surface area contributed by atoms with Gasteiger partial charge in [-0.25, -0.2) is 4.98 Å². The molecule has 4 nitrogen and oxygen atoms in total. The zero-order valence-corrected chi connectivity index (χ0v) is 14.5. The zero-order valence-electron chi connectivity index (χ0n) is 14.5. The van der Waals surface area contributed by atoms with Crippen molar-refractivity contribution in [1.29, 1.82) is 0 Å². The summed E-state index contributed by atoms with van der Waals surface area (Å²) < 4.78 is 1.80. The molecule has 2 heterocycles. The molecule has 1 aliphatic rings. The third-order valence-electron chi connectivity index (χ3n) is 4.86. The number of anilines is 1. The zero-order chi connectivity index (χ0) is 17.6. The maximum Gasteiger partial charge on any atom is 0.261 e. The number of rotatable bonds is 1. The molecule has 0 saturated carbocycles.